The average molecular weight is 204 g/mol. The van der Waals surface area contributed by atoms with E-state index in [0.29, 0.717) is 12.3 Å². The smallest absolute Gasteiger partial charge is 0.125 e. The highest BCUT2D eigenvalue weighted by Crippen LogP contribution is 2.44. The first-order chi connectivity index (χ1) is 7.40. The largest absolute Gasteiger partial charge is 0.493 e. The van der Waals surface area contributed by atoms with Crippen molar-refractivity contribution in [3.63, 3.8) is 0 Å². The van der Waals surface area contributed by atoms with Crippen LogP contribution in [0, 0.1) is 0 Å². The second kappa shape index (κ2) is 3.51. The Hall–Kier alpha value is -1.06. The Labute approximate surface area is 89.8 Å². The molecule has 1 saturated heterocycles. The molecule has 3 aliphatic rings. The third kappa shape index (κ3) is 1.34. The second-order valence-electron chi connectivity index (χ2n) is 4.16. The Morgan fingerprint density at radius 1 is 1.27 bits per heavy atom. The first kappa shape index (κ1) is 9.19. The summed E-state index contributed by atoms with van der Waals surface area (Å²) in [5.41, 5.74) is 2.67. The SMILES string of the molecule is CCCCOc1cccc2c1C1NC2N1. The summed E-state index contributed by atoms with van der Waals surface area (Å²) in [6, 6.07) is 6.31. The fourth-order valence-electron chi connectivity index (χ4n) is 2.25. The lowest BCUT2D eigenvalue weighted by molar-refractivity contribution is 0.240. The van der Waals surface area contributed by atoms with Gasteiger partial charge < -0.3 is 4.74 Å². The summed E-state index contributed by atoms with van der Waals surface area (Å²) in [4.78, 5) is 0. The molecule has 0 aliphatic carbocycles. The minimum absolute atomic E-state index is 0.322. The maximum absolute atomic E-state index is 5.81. The minimum atomic E-state index is 0.322. The van der Waals surface area contributed by atoms with E-state index < -0.39 is 0 Å². The molecule has 4 rings (SSSR count). The molecule has 0 atom stereocenters. The summed E-state index contributed by atoms with van der Waals surface area (Å²) in [7, 11) is 0. The molecule has 0 aromatic heterocycles. The van der Waals surface area contributed by atoms with Crippen LogP contribution in [-0.4, -0.2) is 6.61 Å². The highest BCUT2D eigenvalue weighted by atomic mass is 16.5. The van der Waals surface area contributed by atoms with Crippen molar-refractivity contribution >= 4 is 0 Å². The van der Waals surface area contributed by atoms with Crippen LogP contribution in [0.25, 0.3) is 0 Å². The summed E-state index contributed by atoms with van der Waals surface area (Å²) < 4.78 is 5.81. The maximum Gasteiger partial charge on any atom is 0.125 e. The van der Waals surface area contributed by atoms with Gasteiger partial charge in [-0.3, -0.25) is 10.6 Å². The normalized spacial score (nSPS) is 25.9. The maximum atomic E-state index is 5.81. The van der Waals surface area contributed by atoms with Gasteiger partial charge in [0.05, 0.1) is 18.9 Å². The molecule has 1 fully saturated rings. The number of nitrogens with one attached hydrogen (secondary N) is 2. The van der Waals surface area contributed by atoms with Crippen LogP contribution >= 0.6 is 0 Å². The van der Waals surface area contributed by atoms with Gasteiger partial charge in [0.1, 0.15) is 5.75 Å². The third-order valence-electron chi connectivity index (χ3n) is 3.12. The van der Waals surface area contributed by atoms with E-state index in [0.717, 1.165) is 18.8 Å². The molecule has 80 valence electrons. The number of hydrogen-bond acceptors (Lipinski definition) is 3. The van der Waals surface area contributed by atoms with Gasteiger partial charge in [-0.2, -0.15) is 0 Å². The summed E-state index contributed by atoms with van der Waals surface area (Å²) in [6.45, 7) is 3.00. The van der Waals surface area contributed by atoms with Crippen molar-refractivity contribution in [2.75, 3.05) is 6.61 Å². The van der Waals surface area contributed by atoms with E-state index in [9.17, 15) is 0 Å². The molecule has 3 heteroatoms. The minimum Gasteiger partial charge on any atom is -0.493 e. The van der Waals surface area contributed by atoms with E-state index in [-0.39, 0.29) is 0 Å². The molecule has 0 unspecified atom stereocenters. The van der Waals surface area contributed by atoms with Crippen LogP contribution in [0.2, 0.25) is 0 Å². The monoisotopic (exact) mass is 204 g/mol. The Kier molecular flexibility index (Phi) is 2.15. The fourth-order valence-corrected chi connectivity index (χ4v) is 2.25. The predicted octanol–water partition coefficient (Wildman–Crippen LogP) is 2.07. The van der Waals surface area contributed by atoms with E-state index >= 15 is 0 Å². The lowest BCUT2D eigenvalue weighted by Crippen LogP contribution is -2.47. The van der Waals surface area contributed by atoms with Crippen LogP contribution in [0.5, 0.6) is 5.75 Å². The Morgan fingerprint density at radius 3 is 2.93 bits per heavy atom. The molecule has 3 nitrogen and oxygen atoms in total. The van der Waals surface area contributed by atoms with Crippen LogP contribution in [-0.2, 0) is 0 Å². The molecule has 0 spiro atoms. The highest BCUT2D eigenvalue weighted by molar-refractivity contribution is 5.50. The molecular formula is C12H16N2O. The van der Waals surface area contributed by atoms with Crippen molar-refractivity contribution in [1.82, 2.24) is 10.6 Å². The van der Waals surface area contributed by atoms with Crippen molar-refractivity contribution in [2.45, 2.75) is 32.1 Å². The van der Waals surface area contributed by atoms with Gasteiger partial charge >= 0.3 is 0 Å². The van der Waals surface area contributed by atoms with Gasteiger partial charge in [0.15, 0.2) is 0 Å². The molecule has 0 amide bonds. The van der Waals surface area contributed by atoms with Crippen molar-refractivity contribution in [3.8, 4) is 5.75 Å². The quantitative estimate of drug-likeness (QED) is 0.737. The van der Waals surface area contributed by atoms with Crippen molar-refractivity contribution in [1.29, 1.82) is 0 Å². The first-order valence-corrected chi connectivity index (χ1v) is 5.68. The second-order valence-corrected chi connectivity index (χ2v) is 4.16. The molecule has 0 radical (unpaired) electrons. The molecule has 0 saturated carbocycles. The highest BCUT2D eigenvalue weighted by Gasteiger charge is 2.42. The van der Waals surface area contributed by atoms with Gasteiger partial charge in [-0.1, -0.05) is 25.5 Å². The Balaban J connectivity index is 1.81. The van der Waals surface area contributed by atoms with E-state index in [1.54, 1.807) is 0 Å². The zero-order valence-corrected chi connectivity index (χ0v) is 8.92. The Morgan fingerprint density at radius 2 is 2.13 bits per heavy atom. The van der Waals surface area contributed by atoms with Crippen LogP contribution < -0.4 is 15.4 Å². The van der Waals surface area contributed by atoms with Crippen LogP contribution in [0.1, 0.15) is 43.2 Å². The summed E-state index contributed by atoms with van der Waals surface area (Å²) in [5.74, 6) is 1.05. The number of hydrogen-bond donors (Lipinski definition) is 2. The van der Waals surface area contributed by atoms with Gasteiger partial charge in [-0.05, 0) is 18.1 Å². The standard InChI is InChI=1S/C12H16N2O/c1-2-3-7-15-9-6-4-5-8-10(9)12-13-11(8)14-12/h4-6,11-14H,2-3,7H2,1H3. The van der Waals surface area contributed by atoms with E-state index in [2.05, 4.69) is 35.8 Å². The zero-order valence-electron chi connectivity index (χ0n) is 8.92. The lowest BCUT2D eigenvalue weighted by Gasteiger charge is -2.28. The number of unbranched alkanes of at least 4 members (excludes halogenated alkanes) is 1. The van der Waals surface area contributed by atoms with Gasteiger partial charge in [0.25, 0.3) is 0 Å². The number of ether oxygens (including phenoxy) is 1. The molecule has 1 aromatic carbocycles. The molecule has 15 heavy (non-hydrogen) atoms. The summed E-state index contributed by atoms with van der Waals surface area (Å²) in [6.07, 6.45) is 2.98. The van der Waals surface area contributed by atoms with Crippen molar-refractivity contribution in [2.24, 2.45) is 0 Å². The van der Waals surface area contributed by atoms with E-state index in [1.165, 1.54) is 17.5 Å². The number of rotatable bonds is 4. The van der Waals surface area contributed by atoms with Gasteiger partial charge in [0, 0.05) is 5.56 Å². The van der Waals surface area contributed by atoms with Crippen LogP contribution in [0.15, 0.2) is 18.2 Å². The van der Waals surface area contributed by atoms with Gasteiger partial charge in [0.2, 0.25) is 0 Å². The molecule has 3 aliphatic heterocycles. The molecule has 1 aromatic rings. The molecule has 3 heterocycles. The average Bonchev–Trinajstić information content (AvgIpc) is 2.71. The Bertz CT molecular complexity index is 372. The van der Waals surface area contributed by atoms with Crippen LogP contribution in [0.4, 0.5) is 0 Å². The zero-order chi connectivity index (χ0) is 10.3. The topological polar surface area (TPSA) is 33.3 Å². The summed E-state index contributed by atoms with van der Waals surface area (Å²) in [5, 5.41) is 6.84. The predicted molar refractivity (Wildman–Crippen MR) is 58.6 cm³/mol. The molecule has 2 N–H and O–H groups in total. The third-order valence-corrected chi connectivity index (χ3v) is 3.12. The van der Waals surface area contributed by atoms with Crippen molar-refractivity contribution in [3.05, 3.63) is 29.3 Å². The van der Waals surface area contributed by atoms with Crippen molar-refractivity contribution < 1.29 is 4.74 Å². The lowest BCUT2D eigenvalue weighted by atomic mass is 10.1. The number of benzene rings is 1. The first-order valence-electron chi connectivity index (χ1n) is 5.68. The molecular weight excluding hydrogens is 188 g/mol. The van der Waals surface area contributed by atoms with Gasteiger partial charge in [-0.25, -0.2) is 0 Å². The van der Waals surface area contributed by atoms with Gasteiger partial charge in [-0.15, -0.1) is 0 Å². The summed E-state index contributed by atoms with van der Waals surface area (Å²) >= 11 is 0. The fraction of sp³-hybridized carbons (Fsp3) is 0.500. The van der Waals surface area contributed by atoms with E-state index in [1.807, 2.05) is 0 Å². The molecule has 2 bridgehead atoms. The van der Waals surface area contributed by atoms with E-state index in [4.69, 9.17) is 4.74 Å². The van der Waals surface area contributed by atoms with Crippen LogP contribution in [0.3, 0.4) is 0 Å².